The summed E-state index contributed by atoms with van der Waals surface area (Å²) in [7, 11) is 0. The molecule has 0 saturated carbocycles. The minimum absolute atomic E-state index is 0.0882. The molecule has 3 unspecified atom stereocenters. The molecule has 1 fully saturated rings. The summed E-state index contributed by atoms with van der Waals surface area (Å²) in [5, 5.41) is 1.28. The Balaban J connectivity index is 1.64. The van der Waals surface area contributed by atoms with Gasteiger partial charge >= 0.3 is 11.9 Å². The van der Waals surface area contributed by atoms with E-state index >= 15 is 0 Å². The Bertz CT molecular complexity index is 870. The number of nitrogens with zero attached hydrogens (tertiary/aromatic N) is 1. The molecule has 0 aromatic heterocycles. The lowest BCUT2D eigenvalue weighted by molar-refractivity contribution is -0.235. The van der Waals surface area contributed by atoms with Gasteiger partial charge in [-0.05, 0) is 31.0 Å². The summed E-state index contributed by atoms with van der Waals surface area (Å²) in [6, 6.07) is 16.3. The molecule has 154 valence electrons. The molecule has 7 nitrogen and oxygen atoms in total. The fraction of sp³-hybridized carbons (Fsp3) is 0.333. The minimum atomic E-state index is -1.73. The molecule has 0 bridgehead atoms. The topological polar surface area (TPSA) is 82.1 Å². The third-order valence-electron chi connectivity index (χ3n) is 4.36. The van der Waals surface area contributed by atoms with Crippen LogP contribution in [0.5, 0.6) is 0 Å². The van der Waals surface area contributed by atoms with E-state index in [0.29, 0.717) is 17.9 Å². The summed E-state index contributed by atoms with van der Waals surface area (Å²) in [4.78, 5) is 29.7. The normalized spacial score (nSPS) is 20.2. The summed E-state index contributed by atoms with van der Waals surface area (Å²) in [5.74, 6) is -1.02. The summed E-state index contributed by atoms with van der Waals surface area (Å²) >= 11 is -1.73. The fourth-order valence-corrected chi connectivity index (χ4v) is 3.84. The van der Waals surface area contributed by atoms with Crippen molar-refractivity contribution in [2.45, 2.75) is 43.9 Å². The van der Waals surface area contributed by atoms with Crippen LogP contribution in [0.4, 0.5) is 0 Å². The molecular formula is C21H23NO6S. The lowest BCUT2D eigenvalue weighted by Crippen LogP contribution is -2.41. The number of ether oxygens (including phenoxy) is 1. The lowest BCUT2D eigenvalue weighted by atomic mass is 10.2. The van der Waals surface area contributed by atoms with Crippen molar-refractivity contribution in [2.75, 3.05) is 6.54 Å². The summed E-state index contributed by atoms with van der Waals surface area (Å²) in [6.07, 6.45) is -1.16. The van der Waals surface area contributed by atoms with E-state index in [0.717, 1.165) is 11.1 Å². The van der Waals surface area contributed by atoms with Crippen LogP contribution in [0.25, 0.3) is 0 Å². The number of carbonyl (C=O) groups excluding carboxylic acids is 2. The first-order valence-electron chi connectivity index (χ1n) is 9.26. The Labute approximate surface area is 172 Å². The predicted octanol–water partition coefficient (Wildman–Crippen LogP) is 2.70. The molecule has 1 aliphatic rings. The van der Waals surface area contributed by atoms with E-state index in [-0.39, 0.29) is 6.42 Å². The van der Waals surface area contributed by atoms with E-state index in [4.69, 9.17) is 13.8 Å². The second-order valence-electron chi connectivity index (χ2n) is 6.74. The Morgan fingerprint density at radius 2 is 1.79 bits per heavy atom. The van der Waals surface area contributed by atoms with Gasteiger partial charge in [0.1, 0.15) is 6.10 Å². The number of rotatable bonds is 7. The van der Waals surface area contributed by atoms with Gasteiger partial charge in [0.2, 0.25) is 6.23 Å². The van der Waals surface area contributed by atoms with Gasteiger partial charge in [-0.1, -0.05) is 53.1 Å². The van der Waals surface area contributed by atoms with Crippen molar-refractivity contribution in [3.8, 4) is 0 Å². The largest absolute Gasteiger partial charge is 0.441 e. The molecule has 0 aliphatic carbocycles. The zero-order valence-electron chi connectivity index (χ0n) is 16.3. The van der Waals surface area contributed by atoms with E-state index in [1.807, 2.05) is 49.4 Å². The number of hydrogen-bond donors (Lipinski definition) is 0. The van der Waals surface area contributed by atoms with E-state index in [2.05, 4.69) is 0 Å². The molecular weight excluding hydrogens is 394 g/mol. The summed E-state index contributed by atoms with van der Waals surface area (Å²) in [6.45, 7) is 3.49. The Kier molecular flexibility index (Phi) is 7.13. The number of esters is 1. The van der Waals surface area contributed by atoms with Crippen LogP contribution in [0, 0.1) is 6.92 Å². The van der Waals surface area contributed by atoms with Crippen molar-refractivity contribution < 1.29 is 27.6 Å². The predicted molar refractivity (Wildman–Crippen MR) is 106 cm³/mol. The molecule has 3 rings (SSSR count). The Morgan fingerprint density at radius 1 is 1.10 bits per heavy atom. The average Bonchev–Trinajstić information content (AvgIpc) is 3.03. The van der Waals surface area contributed by atoms with Crippen LogP contribution in [-0.4, -0.2) is 40.1 Å². The fourth-order valence-electron chi connectivity index (χ4n) is 2.95. The van der Waals surface area contributed by atoms with Crippen molar-refractivity contribution in [3.05, 3.63) is 65.7 Å². The van der Waals surface area contributed by atoms with Gasteiger partial charge in [0, 0.05) is 13.5 Å². The third kappa shape index (κ3) is 5.96. The van der Waals surface area contributed by atoms with E-state index in [1.54, 1.807) is 12.1 Å². The maximum atomic E-state index is 12.5. The SMILES string of the molecule is CC(=O)OC1C(OS(=O)c2ccc(C)cc2)CCN1OC(=O)Cc1ccccc1. The number of aryl methyl sites for hydroxylation is 1. The van der Waals surface area contributed by atoms with Gasteiger partial charge in [0.25, 0.3) is 0 Å². The Hall–Kier alpha value is -2.55. The quantitative estimate of drug-likeness (QED) is 0.641. The van der Waals surface area contributed by atoms with Gasteiger partial charge in [-0.15, -0.1) is 0 Å². The number of hydroxylamine groups is 2. The van der Waals surface area contributed by atoms with Gasteiger partial charge < -0.3 is 9.57 Å². The van der Waals surface area contributed by atoms with Crippen molar-refractivity contribution in [1.29, 1.82) is 0 Å². The second kappa shape index (κ2) is 9.78. The first-order valence-corrected chi connectivity index (χ1v) is 10.3. The van der Waals surface area contributed by atoms with Crippen LogP contribution < -0.4 is 0 Å². The van der Waals surface area contributed by atoms with Gasteiger partial charge in [-0.25, -0.2) is 9.00 Å². The number of benzene rings is 2. The number of hydrogen-bond acceptors (Lipinski definition) is 7. The molecule has 2 aromatic rings. The van der Waals surface area contributed by atoms with Gasteiger partial charge in [0.05, 0.1) is 11.3 Å². The maximum Gasteiger partial charge on any atom is 0.329 e. The highest BCUT2D eigenvalue weighted by Crippen LogP contribution is 2.25. The van der Waals surface area contributed by atoms with Crippen LogP contribution >= 0.6 is 0 Å². The van der Waals surface area contributed by atoms with Crippen LogP contribution in [0.1, 0.15) is 24.5 Å². The van der Waals surface area contributed by atoms with Crippen LogP contribution in [0.2, 0.25) is 0 Å². The molecule has 0 spiro atoms. The molecule has 1 saturated heterocycles. The third-order valence-corrected chi connectivity index (χ3v) is 5.44. The molecule has 0 radical (unpaired) electrons. The molecule has 0 N–H and O–H groups in total. The van der Waals surface area contributed by atoms with E-state index in [9.17, 15) is 13.8 Å². The van der Waals surface area contributed by atoms with E-state index < -0.39 is 35.4 Å². The zero-order valence-corrected chi connectivity index (χ0v) is 17.1. The lowest BCUT2D eigenvalue weighted by Gasteiger charge is -2.25. The molecule has 0 amide bonds. The molecule has 29 heavy (non-hydrogen) atoms. The van der Waals surface area contributed by atoms with Gasteiger partial charge in [-0.3, -0.25) is 8.98 Å². The van der Waals surface area contributed by atoms with Crippen molar-refractivity contribution in [1.82, 2.24) is 5.06 Å². The maximum absolute atomic E-state index is 12.5. The highest BCUT2D eigenvalue weighted by Gasteiger charge is 2.41. The molecule has 8 heteroatoms. The molecule has 2 aromatic carbocycles. The first-order chi connectivity index (χ1) is 13.9. The monoisotopic (exact) mass is 417 g/mol. The van der Waals surface area contributed by atoms with Gasteiger partial charge in [-0.2, -0.15) is 0 Å². The minimum Gasteiger partial charge on any atom is -0.441 e. The van der Waals surface area contributed by atoms with Crippen LogP contribution in [-0.2, 0) is 40.8 Å². The van der Waals surface area contributed by atoms with E-state index in [1.165, 1.54) is 12.0 Å². The van der Waals surface area contributed by atoms with Crippen molar-refractivity contribution >= 4 is 23.0 Å². The molecule has 1 heterocycles. The molecule has 1 aliphatic heterocycles. The van der Waals surface area contributed by atoms with Crippen LogP contribution in [0.15, 0.2) is 59.5 Å². The smallest absolute Gasteiger partial charge is 0.329 e. The van der Waals surface area contributed by atoms with Crippen molar-refractivity contribution in [2.24, 2.45) is 0 Å². The molecule has 3 atom stereocenters. The van der Waals surface area contributed by atoms with Crippen LogP contribution in [0.3, 0.4) is 0 Å². The average molecular weight is 417 g/mol. The first kappa shape index (κ1) is 21.2. The highest BCUT2D eigenvalue weighted by molar-refractivity contribution is 7.80. The Morgan fingerprint density at radius 3 is 2.45 bits per heavy atom. The number of carbonyl (C=O) groups is 2. The summed E-state index contributed by atoms with van der Waals surface area (Å²) < 4.78 is 23.5. The second-order valence-corrected chi connectivity index (χ2v) is 7.87. The van der Waals surface area contributed by atoms with Crippen molar-refractivity contribution in [3.63, 3.8) is 0 Å². The summed E-state index contributed by atoms with van der Waals surface area (Å²) in [5.41, 5.74) is 1.86. The zero-order chi connectivity index (χ0) is 20.8. The standard InChI is InChI=1S/C21H23NO6S/c1-15-8-10-18(11-9-15)29(25)28-19-12-13-22(21(19)26-16(2)23)27-20(24)14-17-6-4-3-5-7-17/h3-11,19,21H,12-14H2,1-2H3. The highest BCUT2D eigenvalue weighted by atomic mass is 32.2. The van der Waals surface area contributed by atoms with Gasteiger partial charge in [0.15, 0.2) is 11.1 Å².